The summed E-state index contributed by atoms with van der Waals surface area (Å²) in [5.74, 6) is 1.98. The number of carbonyl (C=O) groups is 1. The van der Waals surface area contributed by atoms with Gasteiger partial charge in [-0.15, -0.1) is 11.3 Å². The number of nitrogens with one attached hydrogen (secondary N) is 2. The summed E-state index contributed by atoms with van der Waals surface area (Å²) in [6, 6.07) is 3.86. The van der Waals surface area contributed by atoms with E-state index >= 15 is 0 Å². The highest BCUT2D eigenvalue weighted by molar-refractivity contribution is 7.13. The van der Waals surface area contributed by atoms with Crippen molar-refractivity contribution >= 4 is 23.1 Å². The first kappa shape index (κ1) is 19.0. The Morgan fingerprint density at radius 2 is 1.85 bits per heavy atom. The van der Waals surface area contributed by atoms with Crippen LogP contribution >= 0.6 is 11.3 Å². The highest BCUT2D eigenvalue weighted by Gasteiger charge is 2.13. The maximum Gasteiger partial charge on any atom is 0.263 e. The molecule has 0 saturated heterocycles. The lowest BCUT2D eigenvalue weighted by Gasteiger charge is -2.10. The Kier molecular flexibility index (Phi) is 5.50. The highest BCUT2D eigenvalue weighted by atomic mass is 32.1. The Hall–Kier alpha value is -2.81. The molecule has 0 aliphatic carbocycles. The van der Waals surface area contributed by atoms with Crippen LogP contribution < -0.4 is 10.6 Å². The summed E-state index contributed by atoms with van der Waals surface area (Å²) in [4.78, 5) is 26.0. The summed E-state index contributed by atoms with van der Waals surface area (Å²) in [6.07, 6.45) is 0. The Labute approximate surface area is 162 Å². The standard InChI is InChI=1S/C18H23N7OS/c1-10-8-11(2)25(24-10)16-9-15(22-13(4)23-16)19-6-7-20-18(26)17-12(3)21-14(5)27-17/h8-9H,6-7H2,1-5H3,(H,20,26)(H,19,22,23). The summed E-state index contributed by atoms with van der Waals surface area (Å²) >= 11 is 1.41. The van der Waals surface area contributed by atoms with Gasteiger partial charge in [0.1, 0.15) is 16.5 Å². The zero-order chi connectivity index (χ0) is 19.6. The van der Waals surface area contributed by atoms with Gasteiger partial charge in [-0.05, 0) is 40.7 Å². The molecule has 142 valence electrons. The monoisotopic (exact) mass is 385 g/mol. The average Bonchev–Trinajstić information content (AvgIpc) is 3.11. The van der Waals surface area contributed by atoms with Gasteiger partial charge in [0.05, 0.1) is 16.4 Å². The topological polar surface area (TPSA) is 97.6 Å². The normalized spacial score (nSPS) is 10.9. The molecule has 2 N–H and O–H groups in total. The summed E-state index contributed by atoms with van der Waals surface area (Å²) in [5, 5.41) is 11.5. The number of amides is 1. The molecule has 0 bridgehead atoms. The maximum absolute atomic E-state index is 12.2. The van der Waals surface area contributed by atoms with Crippen LogP contribution in [0.5, 0.6) is 0 Å². The van der Waals surface area contributed by atoms with Crippen LogP contribution in [-0.4, -0.2) is 43.7 Å². The van der Waals surface area contributed by atoms with Crippen molar-refractivity contribution in [3.05, 3.63) is 44.9 Å². The summed E-state index contributed by atoms with van der Waals surface area (Å²) in [6.45, 7) is 10.6. The lowest BCUT2D eigenvalue weighted by atomic mass is 10.3. The van der Waals surface area contributed by atoms with E-state index in [1.807, 2.05) is 46.8 Å². The quantitative estimate of drug-likeness (QED) is 0.633. The number of anilines is 1. The summed E-state index contributed by atoms with van der Waals surface area (Å²) < 4.78 is 1.80. The molecule has 3 heterocycles. The predicted molar refractivity (Wildman–Crippen MR) is 106 cm³/mol. The Balaban J connectivity index is 1.61. The van der Waals surface area contributed by atoms with Crippen LogP contribution in [0, 0.1) is 34.6 Å². The zero-order valence-electron chi connectivity index (χ0n) is 16.1. The number of aromatic nitrogens is 5. The predicted octanol–water partition coefficient (Wildman–Crippen LogP) is 2.50. The van der Waals surface area contributed by atoms with E-state index in [9.17, 15) is 4.79 Å². The number of nitrogens with zero attached hydrogens (tertiary/aromatic N) is 5. The van der Waals surface area contributed by atoms with Crippen molar-refractivity contribution < 1.29 is 4.79 Å². The average molecular weight is 385 g/mol. The van der Waals surface area contributed by atoms with Crippen molar-refractivity contribution in [2.24, 2.45) is 0 Å². The Bertz CT molecular complexity index is 976. The first-order valence-corrected chi connectivity index (χ1v) is 9.50. The number of hydrogen-bond donors (Lipinski definition) is 2. The van der Waals surface area contributed by atoms with Gasteiger partial charge in [0.2, 0.25) is 0 Å². The molecule has 0 aromatic carbocycles. The Morgan fingerprint density at radius 3 is 2.48 bits per heavy atom. The second-order valence-electron chi connectivity index (χ2n) is 6.33. The fourth-order valence-electron chi connectivity index (χ4n) is 2.80. The van der Waals surface area contributed by atoms with Crippen molar-refractivity contribution in [2.75, 3.05) is 18.4 Å². The number of rotatable bonds is 6. The third-order valence-electron chi connectivity index (χ3n) is 3.88. The maximum atomic E-state index is 12.2. The second kappa shape index (κ2) is 7.83. The first-order valence-electron chi connectivity index (χ1n) is 8.69. The van der Waals surface area contributed by atoms with E-state index in [1.54, 1.807) is 4.68 Å². The molecule has 0 unspecified atom stereocenters. The van der Waals surface area contributed by atoms with Crippen LogP contribution in [-0.2, 0) is 0 Å². The molecule has 0 spiro atoms. The van der Waals surface area contributed by atoms with E-state index in [0.717, 1.165) is 27.9 Å². The minimum Gasteiger partial charge on any atom is -0.368 e. The molecular weight excluding hydrogens is 362 g/mol. The van der Waals surface area contributed by atoms with E-state index in [1.165, 1.54) is 11.3 Å². The first-order chi connectivity index (χ1) is 12.8. The number of thiazole rings is 1. The SMILES string of the molecule is Cc1cc(C)n(-c2cc(NCCNC(=O)c3sc(C)nc3C)nc(C)n2)n1. The lowest BCUT2D eigenvalue weighted by Crippen LogP contribution is -2.28. The van der Waals surface area contributed by atoms with E-state index in [0.29, 0.717) is 29.6 Å². The molecule has 9 heteroatoms. The van der Waals surface area contributed by atoms with Gasteiger partial charge in [0.15, 0.2) is 5.82 Å². The van der Waals surface area contributed by atoms with Crippen molar-refractivity contribution in [1.82, 2.24) is 30.0 Å². The number of hydrogen-bond acceptors (Lipinski definition) is 7. The fraction of sp³-hybridized carbons (Fsp3) is 0.389. The van der Waals surface area contributed by atoms with Gasteiger partial charge in [0.25, 0.3) is 5.91 Å². The molecule has 3 rings (SSSR count). The molecule has 8 nitrogen and oxygen atoms in total. The summed E-state index contributed by atoms with van der Waals surface area (Å²) in [7, 11) is 0. The van der Waals surface area contributed by atoms with Gasteiger partial charge in [-0.1, -0.05) is 0 Å². The summed E-state index contributed by atoms with van der Waals surface area (Å²) in [5.41, 5.74) is 2.72. The van der Waals surface area contributed by atoms with Gasteiger partial charge in [-0.2, -0.15) is 5.10 Å². The highest BCUT2D eigenvalue weighted by Crippen LogP contribution is 2.17. The van der Waals surface area contributed by atoms with Crippen LogP contribution in [0.15, 0.2) is 12.1 Å². The van der Waals surface area contributed by atoms with E-state index in [2.05, 4.69) is 30.7 Å². The fourth-order valence-corrected chi connectivity index (χ4v) is 3.64. The van der Waals surface area contributed by atoms with E-state index in [-0.39, 0.29) is 5.91 Å². The van der Waals surface area contributed by atoms with Crippen LogP contribution in [0.1, 0.15) is 37.6 Å². The van der Waals surface area contributed by atoms with Crippen LogP contribution in [0.25, 0.3) is 5.82 Å². The molecule has 0 fully saturated rings. The van der Waals surface area contributed by atoms with E-state index < -0.39 is 0 Å². The molecule has 3 aromatic rings. The minimum atomic E-state index is -0.0953. The lowest BCUT2D eigenvalue weighted by molar-refractivity contribution is 0.0958. The van der Waals surface area contributed by atoms with Crippen molar-refractivity contribution in [1.29, 1.82) is 0 Å². The second-order valence-corrected chi connectivity index (χ2v) is 7.53. The minimum absolute atomic E-state index is 0.0953. The van der Waals surface area contributed by atoms with Crippen LogP contribution in [0.2, 0.25) is 0 Å². The molecule has 0 aliphatic heterocycles. The molecule has 0 atom stereocenters. The zero-order valence-corrected chi connectivity index (χ0v) is 16.9. The largest absolute Gasteiger partial charge is 0.368 e. The van der Waals surface area contributed by atoms with Gasteiger partial charge in [0, 0.05) is 24.8 Å². The van der Waals surface area contributed by atoms with Gasteiger partial charge < -0.3 is 10.6 Å². The number of carbonyl (C=O) groups excluding carboxylic acids is 1. The molecule has 3 aromatic heterocycles. The van der Waals surface area contributed by atoms with Gasteiger partial charge >= 0.3 is 0 Å². The smallest absolute Gasteiger partial charge is 0.263 e. The van der Waals surface area contributed by atoms with E-state index in [4.69, 9.17) is 0 Å². The Morgan fingerprint density at radius 1 is 1.07 bits per heavy atom. The molecule has 1 amide bonds. The van der Waals surface area contributed by atoms with Crippen molar-refractivity contribution in [3.63, 3.8) is 0 Å². The van der Waals surface area contributed by atoms with Crippen LogP contribution in [0.3, 0.4) is 0 Å². The molecule has 0 saturated carbocycles. The van der Waals surface area contributed by atoms with Crippen LogP contribution in [0.4, 0.5) is 5.82 Å². The number of aryl methyl sites for hydroxylation is 5. The van der Waals surface area contributed by atoms with Crippen molar-refractivity contribution in [2.45, 2.75) is 34.6 Å². The third-order valence-corrected chi connectivity index (χ3v) is 4.95. The molecule has 27 heavy (non-hydrogen) atoms. The van der Waals surface area contributed by atoms with Gasteiger partial charge in [-0.3, -0.25) is 4.79 Å². The molecule has 0 radical (unpaired) electrons. The van der Waals surface area contributed by atoms with Gasteiger partial charge in [-0.25, -0.2) is 19.6 Å². The molecule has 0 aliphatic rings. The molecular formula is C18H23N7OS. The van der Waals surface area contributed by atoms with Crippen molar-refractivity contribution in [3.8, 4) is 5.82 Å². The third kappa shape index (κ3) is 4.48.